The predicted molar refractivity (Wildman–Crippen MR) is 123 cm³/mol. The lowest BCUT2D eigenvalue weighted by molar-refractivity contribution is -0.0143. The quantitative estimate of drug-likeness (QED) is 0.653. The molecule has 1 aliphatic carbocycles. The minimum atomic E-state index is -0.811. The second-order valence-electron chi connectivity index (χ2n) is 8.10. The van der Waals surface area contributed by atoms with Crippen molar-refractivity contribution >= 4 is 11.6 Å². The van der Waals surface area contributed by atoms with E-state index in [1.54, 1.807) is 24.1 Å². The highest BCUT2D eigenvalue weighted by molar-refractivity contribution is 5.97. The lowest BCUT2D eigenvalue weighted by Gasteiger charge is -2.34. The number of ether oxygens (including phenoxy) is 1. The van der Waals surface area contributed by atoms with Crippen LogP contribution in [0, 0.1) is 0 Å². The second kappa shape index (κ2) is 10.5. The summed E-state index contributed by atoms with van der Waals surface area (Å²) in [5.74, 6) is 0.375. The minimum Gasteiger partial charge on any atom is -0.507 e. The number of rotatable bonds is 7. The SMILES string of the molecule is CCN(CC)c1ccc(C(=O)N(C)[C@@H]2CCCC[C@@H](Oc3ccccc3)[C@@H]2O)c(O)c1. The molecular weight excluding hydrogens is 392 g/mol. The largest absolute Gasteiger partial charge is 0.507 e. The summed E-state index contributed by atoms with van der Waals surface area (Å²) < 4.78 is 6.06. The number of amides is 1. The standard InChI is InChI=1S/C25H34N2O4/c1-4-27(5-2)18-15-16-20(22(28)17-18)25(30)26(3)21-13-9-10-14-23(24(21)29)31-19-11-7-6-8-12-19/h6-8,11-12,15-17,21,23-24,28-29H,4-5,9-10,13-14H2,1-3H3/t21-,23-,24-/m1/s1. The summed E-state index contributed by atoms with van der Waals surface area (Å²) in [5, 5.41) is 21.7. The van der Waals surface area contributed by atoms with Crippen LogP contribution in [0.3, 0.4) is 0 Å². The van der Waals surface area contributed by atoms with Crippen LogP contribution in [0.4, 0.5) is 5.69 Å². The van der Waals surface area contributed by atoms with Gasteiger partial charge in [0, 0.05) is 31.9 Å². The number of aliphatic hydroxyl groups is 1. The van der Waals surface area contributed by atoms with E-state index in [0.717, 1.165) is 38.0 Å². The smallest absolute Gasteiger partial charge is 0.257 e. The topological polar surface area (TPSA) is 73.2 Å². The number of phenols is 1. The summed E-state index contributed by atoms with van der Waals surface area (Å²) >= 11 is 0. The van der Waals surface area contributed by atoms with Crippen molar-refractivity contribution in [2.24, 2.45) is 0 Å². The third kappa shape index (κ3) is 5.31. The lowest BCUT2D eigenvalue weighted by atomic mass is 10.0. The van der Waals surface area contributed by atoms with E-state index in [1.165, 1.54) is 0 Å². The van der Waals surface area contributed by atoms with Gasteiger partial charge in [0.25, 0.3) is 5.91 Å². The van der Waals surface area contributed by atoms with Gasteiger partial charge in [0.2, 0.25) is 0 Å². The van der Waals surface area contributed by atoms with Crippen LogP contribution in [0.2, 0.25) is 0 Å². The fraction of sp³-hybridized carbons (Fsp3) is 0.480. The zero-order valence-corrected chi connectivity index (χ0v) is 18.7. The van der Waals surface area contributed by atoms with Crippen molar-refractivity contribution in [1.29, 1.82) is 0 Å². The first kappa shape index (κ1) is 22.9. The molecule has 1 fully saturated rings. The first-order valence-corrected chi connectivity index (χ1v) is 11.2. The Balaban J connectivity index is 1.77. The van der Waals surface area contributed by atoms with Crippen LogP contribution in [0.25, 0.3) is 0 Å². The Morgan fingerprint density at radius 2 is 1.74 bits per heavy atom. The fourth-order valence-corrected chi connectivity index (χ4v) is 4.34. The van der Waals surface area contributed by atoms with Gasteiger partial charge in [0.1, 0.15) is 23.7 Å². The van der Waals surface area contributed by atoms with E-state index in [9.17, 15) is 15.0 Å². The number of phenolic OH excluding ortho intramolecular Hbond substituents is 1. The van der Waals surface area contributed by atoms with Gasteiger partial charge in [0.05, 0.1) is 11.6 Å². The van der Waals surface area contributed by atoms with Gasteiger partial charge in [-0.05, 0) is 57.4 Å². The molecule has 0 radical (unpaired) electrons. The van der Waals surface area contributed by atoms with Gasteiger partial charge in [-0.3, -0.25) is 4.79 Å². The van der Waals surface area contributed by atoms with Crippen molar-refractivity contribution in [2.75, 3.05) is 25.0 Å². The molecule has 0 unspecified atom stereocenters. The molecule has 3 atom stereocenters. The van der Waals surface area contributed by atoms with E-state index in [2.05, 4.69) is 18.7 Å². The molecule has 0 heterocycles. The van der Waals surface area contributed by atoms with Crippen LogP contribution in [0.5, 0.6) is 11.5 Å². The number of benzene rings is 2. The van der Waals surface area contributed by atoms with Crippen LogP contribution in [-0.4, -0.2) is 59.4 Å². The van der Waals surface area contributed by atoms with Gasteiger partial charge in [0.15, 0.2) is 0 Å². The van der Waals surface area contributed by atoms with Crippen molar-refractivity contribution in [1.82, 2.24) is 4.90 Å². The summed E-state index contributed by atoms with van der Waals surface area (Å²) in [7, 11) is 1.69. The highest BCUT2D eigenvalue weighted by Crippen LogP contribution is 2.30. The Hall–Kier alpha value is -2.73. The summed E-state index contributed by atoms with van der Waals surface area (Å²) in [6.07, 6.45) is 2.06. The summed E-state index contributed by atoms with van der Waals surface area (Å²) in [5.41, 5.74) is 1.13. The zero-order valence-electron chi connectivity index (χ0n) is 18.7. The summed E-state index contributed by atoms with van der Waals surface area (Å²) in [6, 6.07) is 14.2. The number of carbonyl (C=O) groups excluding carboxylic acids is 1. The zero-order chi connectivity index (χ0) is 22.4. The van der Waals surface area contributed by atoms with Gasteiger partial charge in [-0.1, -0.05) is 24.6 Å². The maximum atomic E-state index is 13.2. The molecule has 31 heavy (non-hydrogen) atoms. The maximum absolute atomic E-state index is 13.2. The molecule has 3 rings (SSSR count). The number of para-hydroxylation sites is 1. The predicted octanol–water partition coefficient (Wildman–Crippen LogP) is 4.06. The van der Waals surface area contributed by atoms with Crippen LogP contribution in [-0.2, 0) is 0 Å². The monoisotopic (exact) mass is 426 g/mol. The van der Waals surface area contributed by atoms with Crippen molar-refractivity contribution in [3.8, 4) is 11.5 Å². The number of hydrogen-bond acceptors (Lipinski definition) is 5. The van der Waals surface area contributed by atoms with Crippen LogP contribution >= 0.6 is 0 Å². The molecule has 6 heteroatoms. The number of likely N-dealkylation sites (N-methyl/N-ethyl adjacent to an activating group) is 1. The van der Waals surface area contributed by atoms with Crippen molar-refractivity contribution in [3.63, 3.8) is 0 Å². The van der Waals surface area contributed by atoms with E-state index in [-0.39, 0.29) is 29.4 Å². The van der Waals surface area contributed by atoms with Crippen molar-refractivity contribution in [2.45, 2.75) is 57.8 Å². The molecule has 1 amide bonds. The maximum Gasteiger partial charge on any atom is 0.257 e. The van der Waals surface area contributed by atoms with Gasteiger partial charge in [-0.25, -0.2) is 0 Å². The number of anilines is 1. The fourth-order valence-electron chi connectivity index (χ4n) is 4.34. The summed E-state index contributed by atoms with van der Waals surface area (Å²) in [4.78, 5) is 16.9. The van der Waals surface area contributed by atoms with E-state index in [0.29, 0.717) is 12.2 Å². The molecule has 2 N–H and O–H groups in total. The number of carbonyl (C=O) groups is 1. The Kier molecular flexibility index (Phi) is 7.80. The highest BCUT2D eigenvalue weighted by Gasteiger charge is 2.36. The second-order valence-corrected chi connectivity index (χ2v) is 8.10. The molecule has 0 bridgehead atoms. The van der Waals surface area contributed by atoms with Gasteiger partial charge < -0.3 is 24.7 Å². The molecule has 0 saturated heterocycles. The van der Waals surface area contributed by atoms with E-state index in [1.807, 2.05) is 36.4 Å². The molecule has 0 aliphatic heterocycles. The van der Waals surface area contributed by atoms with Gasteiger partial charge in [-0.2, -0.15) is 0 Å². The van der Waals surface area contributed by atoms with Crippen molar-refractivity contribution in [3.05, 3.63) is 54.1 Å². The number of aliphatic hydroxyl groups excluding tert-OH is 1. The van der Waals surface area contributed by atoms with E-state index in [4.69, 9.17) is 4.74 Å². The van der Waals surface area contributed by atoms with Crippen LogP contribution in [0.1, 0.15) is 49.9 Å². The molecule has 0 spiro atoms. The molecule has 2 aromatic rings. The van der Waals surface area contributed by atoms with Gasteiger partial charge >= 0.3 is 0 Å². The minimum absolute atomic E-state index is 0.0403. The molecule has 6 nitrogen and oxygen atoms in total. The summed E-state index contributed by atoms with van der Waals surface area (Å²) in [6.45, 7) is 5.74. The number of nitrogens with zero attached hydrogens (tertiary/aromatic N) is 2. The Morgan fingerprint density at radius 1 is 1.06 bits per heavy atom. The Labute approximate surface area is 185 Å². The van der Waals surface area contributed by atoms with Gasteiger partial charge in [-0.15, -0.1) is 0 Å². The molecule has 1 aliphatic rings. The molecule has 168 valence electrons. The van der Waals surface area contributed by atoms with E-state index >= 15 is 0 Å². The normalized spacial score (nSPS) is 21.2. The van der Waals surface area contributed by atoms with Crippen LogP contribution < -0.4 is 9.64 Å². The number of hydrogen-bond donors (Lipinski definition) is 2. The Morgan fingerprint density at radius 3 is 2.39 bits per heavy atom. The average Bonchev–Trinajstić information content (AvgIpc) is 2.96. The first-order valence-electron chi connectivity index (χ1n) is 11.2. The third-order valence-electron chi connectivity index (χ3n) is 6.20. The molecule has 2 aromatic carbocycles. The average molecular weight is 427 g/mol. The lowest BCUT2D eigenvalue weighted by Crippen LogP contribution is -2.50. The van der Waals surface area contributed by atoms with Crippen LogP contribution in [0.15, 0.2) is 48.5 Å². The molecule has 1 saturated carbocycles. The molecule has 0 aromatic heterocycles. The highest BCUT2D eigenvalue weighted by atomic mass is 16.5. The molecular formula is C25H34N2O4. The van der Waals surface area contributed by atoms with Crippen molar-refractivity contribution < 1.29 is 19.7 Å². The third-order valence-corrected chi connectivity index (χ3v) is 6.20. The Bertz CT molecular complexity index is 854. The number of aromatic hydroxyl groups is 1. The first-order chi connectivity index (χ1) is 15.0. The van der Waals surface area contributed by atoms with E-state index < -0.39 is 6.10 Å².